The molecule has 0 bridgehead atoms. The monoisotopic (exact) mass is 536 g/mol. The number of carbonyl (C=O) groups is 2. The highest BCUT2D eigenvalue weighted by Crippen LogP contribution is 2.39. The zero-order chi connectivity index (χ0) is 27.4. The molecule has 2 heterocycles. The van der Waals surface area contributed by atoms with E-state index in [1.165, 1.54) is 11.3 Å². The molecule has 2 aromatic rings. The zero-order valence-electron chi connectivity index (χ0n) is 23.3. The molecule has 0 aliphatic heterocycles. The second-order valence-corrected chi connectivity index (χ2v) is 13.0. The van der Waals surface area contributed by atoms with Crippen LogP contribution in [0, 0.1) is 36.0 Å². The van der Waals surface area contributed by atoms with Crippen molar-refractivity contribution in [2.75, 3.05) is 4.90 Å². The first-order chi connectivity index (χ1) is 18.0. The van der Waals surface area contributed by atoms with Crippen LogP contribution in [0.5, 0.6) is 5.75 Å². The predicted octanol–water partition coefficient (Wildman–Crippen LogP) is 7.10. The molecule has 2 aliphatic rings. The molecule has 0 aromatic carbocycles. The normalized spacial score (nSPS) is 23.7. The molecule has 4 rings (SSSR count). The Morgan fingerprint density at radius 3 is 2.34 bits per heavy atom. The molecular weight excluding hydrogens is 496 g/mol. The van der Waals surface area contributed by atoms with Gasteiger partial charge in [0.25, 0.3) is 0 Å². The smallest absolute Gasteiger partial charge is 0.348 e. The van der Waals surface area contributed by atoms with Crippen LogP contribution in [-0.2, 0) is 4.79 Å². The summed E-state index contributed by atoms with van der Waals surface area (Å²) in [6.45, 7) is 10.3. The minimum atomic E-state index is -1.01. The first-order valence-corrected chi connectivity index (χ1v) is 14.6. The van der Waals surface area contributed by atoms with Crippen LogP contribution in [0.2, 0.25) is 0 Å². The Labute approximate surface area is 230 Å². The van der Waals surface area contributed by atoms with Crippen molar-refractivity contribution >= 4 is 28.9 Å². The van der Waals surface area contributed by atoms with Crippen molar-refractivity contribution in [2.45, 2.75) is 98.1 Å². The zero-order valence-corrected chi connectivity index (χ0v) is 24.1. The number of nitrogens with zero attached hydrogens (tertiary/aromatic N) is 2. The van der Waals surface area contributed by atoms with Crippen LogP contribution in [-0.4, -0.2) is 34.1 Å². The maximum atomic E-state index is 14.1. The van der Waals surface area contributed by atoms with Gasteiger partial charge in [0.1, 0.15) is 10.6 Å². The Kier molecular flexibility index (Phi) is 8.82. The summed E-state index contributed by atoms with van der Waals surface area (Å²) in [7, 11) is 0. The van der Waals surface area contributed by atoms with Crippen molar-refractivity contribution in [3.8, 4) is 17.6 Å². The summed E-state index contributed by atoms with van der Waals surface area (Å²) >= 11 is 1.17. The minimum Gasteiger partial charge on any atom is -0.489 e. The molecule has 2 saturated carbocycles. The van der Waals surface area contributed by atoms with Gasteiger partial charge in [0.2, 0.25) is 5.91 Å². The third kappa shape index (κ3) is 7.17. The summed E-state index contributed by atoms with van der Waals surface area (Å²) in [5.41, 5.74) is 1.26. The highest BCUT2D eigenvalue weighted by Gasteiger charge is 2.37. The van der Waals surface area contributed by atoms with E-state index < -0.39 is 5.97 Å². The summed E-state index contributed by atoms with van der Waals surface area (Å²) in [6, 6.07) is 5.65. The fraction of sp³-hybridized carbons (Fsp3) is 0.581. The van der Waals surface area contributed by atoms with E-state index in [1.807, 2.05) is 50.8 Å². The number of thiophene rings is 1. The van der Waals surface area contributed by atoms with Gasteiger partial charge in [-0.05, 0) is 103 Å². The van der Waals surface area contributed by atoms with Gasteiger partial charge in [0.15, 0.2) is 0 Å². The van der Waals surface area contributed by atoms with E-state index in [2.05, 4.69) is 23.7 Å². The van der Waals surface area contributed by atoms with Crippen molar-refractivity contribution in [3.05, 3.63) is 39.8 Å². The van der Waals surface area contributed by atoms with Crippen LogP contribution in [0.3, 0.4) is 0 Å². The number of carboxylic acids is 1. The van der Waals surface area contributed by atoms with E-state index >= 15 is 0 Å². The van der Waals surface area contributed by atoms with Gasteiger partial charge in [-0.1, -0.05) is 18.8 Å². The number of aromatic nitrogens is 1. The lowest BCUT2D eigenvalue weighted by Gasteiger charge is -2.39. The van der Waals surface area contributed by atoms with Crippen LogP contribution in [0.25, 0.3) is 0 Å². The topological polar surface area (TPSA) is 79.7 Å². The standard InChI is InChI=1S/C31H40N2O4S/c1-20-6-9-22(10-7-20)29(34)33(27-18-26(16-17-31(3,4)5)38-28(27)30(35)36)23-11-14-24(15-12-23)37-25-13-8-21(2)32-19-25/h8,13,18-20,22-24H,6-7,9-12,14-15H2,1-5H3,(H,35,36)/t20?,22?,23-,24-. The number of carbonyl (C=O) groups excluding carboxylic acids is 1. The third-order valence-corrected chi connectivity index (χ3v) is 8.55. The van der Waals surface area contributed by atoms with E-state index in [0.29, 0.717) is 16.5 Å². The summed E-state index contributed by atoms with van der Waals surface area (Å²) in [4.78, 5) is 33.5. The summed E-state index contributed by atoms with van der Waals surface area (Å²) in [6.07, 6.45) is 8.72. The number of hydrogen-bond acceptors (Lipinski definition) is 5. The van der Waals surface area contributed by atoms with Gasteiger partial charge in [-0.3, -0.25) is 9.78 Å². The number of hydrogen-bond donors (Lipinski definition) is 1. The highest BCUT2D eigenvalue weighted by molar-refractivity contribution is 7.15. The highest BCUT2D eigenvalue weighted by atomic mass is 32.1. The molecule has 38 heavy (non-hydrogen) atoms. The lowest BCUT2D eigenvalue weighted by molar-refractivity contribution is -0.124. The van der Waals surface area contributed by atoms with E-state index in [0.717, 1.165) is 62.8 Å². The Bertz CT molecular complexity index is 1190. The fourth-order valence-electron chi connectivity index (χ4n) is 5.36. The number of aromatic carboxylic acids is 1. The van der Waals surface area contributed by atoms with E-state index in [1.54, 1.807) is 6.20 Å². The van der Waals surface area contributed by atoms with Crippen molar-refractivity contribution in [3.63, 3.8) is 0 Å². The molecule has 2 aromatic heterocycles. The second-order valence-electron chi connectivity index (χ2n) is 12.0. The maximum Gasteiger partial charge on any atom is 0.348 e. The largest absolute Gasteiger partial charge is 0.489 e. The van der Waals surface area contributed by atoms with E-state index in [4.69, 9.17) is 4.74 Å². The van der Waals surface area contributed by atoms with Crippen molar-refractivity contribution in [2.24, 2.45) is 17.3 Å². The van der Waals surface area contributed by atoms with Crippen molar-refractivity contribution in [1.82, 2.24) is 4.98 Å². The van der Waals surface area contributed by atoms with Crippen LogP contribution in [0.4, 0.5) is 5.69 Å². The van der Waals surface area contributed by atoms with Crippen LogP contribution in [0.1, 0.15) is 99.3 Å². The van der Waals surface area contributed by atoms with Crippen molar-refractivity contribution < 1.29 is 19.4 Å². The Balaban J connectivity index is 1.60. The van der Waals surface area contributed by atoms with Gasteiger partial charge in [-0.2, -0.15) is 0 Å². The number of anilines is 1. The number of carboxylic acid groups (broad SMARTS) is 1. The van der Waals surface area contributed by atoms with Crippen LogP contribution < -0.4 is 9.64 Å². The molecule has 0 saturated heterocycles. The number of ether oxygens (including phenoxy) is 1. The lowest BCUT2D eigenvalue weighted by Crippen LogP contribution is -2.47. The molecule has 0 atom stereocenters. The summed E-state index contributed by atoms with van der Waals surface area (Å²) in [5, 5.41) is 10.1. The molecule has 0 spiro atoms. The molecule has 7 heteroatoms. The van der Waals surface area contributed by atoms with Gasteiger partial charge in [-0.25, -0.2) is 4.79 Å². The van der Waals surface area contributed by atoms with Gasteiger partial charge in [-0.15, -0.1) is 11.3 Å². The molecule has 2 fully saturated rings. The Morgan fingerprint density at radius 1 is 1.08 bits per heavy atom. The average molecular weight is 537 g/mol. The third-order valence-electron chi connectivity index (χ3n) is 7.53. The molecule has 1 N–H and O–H groups in total. The molecule has 6 nitrogen and oxygen atoms in total. The minimum absolute atomic E-state index is 0.0536. The number of amides is 1. The van der Waals surface area contributed by atoms with Gasteiger partial charge in [0, 0.05) is 23.1 Å². The molecule has 204 valence electrons. The second kappa shape index (κ2) is 11.9. The van der Waals surface area contributed by atoms with Crippen LogP contribution >= 0.6 is 11.3 Å². The van der Waals surface area contributed by atoms with Crippen LogP contribution in [0.15, 0.2) is 24.4 Å². The summed E-state index contributed by atoms with van der Waals surface area (Å²) in [5.74, 6) is 6.76. The first kappa shape index (κ1) is 28.2. The number of rotatable bonds is 6. The average Bonchev–Trinajstić information content (AvgIpc) is 3.30. The van der Waals surface area contributed by atoms with Gasteiger partial charge in [0.05, 0.1) is 22.9 Å². The molecule has 1 amide bonds. The molecule has 0 radical (unpaired) electrons. The van der Waals surface area contributed by atoms with Crippen molar-refractivity contribution in [1.29, 1.82) is 0 Å². The Morgan fingerprint density at radius 2 is 1.76 bits per heavy atom. The fourth-order valence-corrected chi connectivity index (χ4v) is 6.20. The lowest BCUT2D eigenvalue weighted by atomic mass is 9.81. The molecule has 0 unspecified atom stereocenters. The quantitative estimate of drug-likeness (QED) is 0.399. The predicted molar refractivity (Wildman–Crippen MR) is 152 cm³/mol. The first-order valence-electron chi connectivity index (χ1n) is 13.8. The number of aryl methyl sites for hydroxylation is 1. The van der Waals surface area contributed by atoms with E-state index in [9.17, 15) is 14.7 Å². The van der Waals surface area contributed by atoms with Gasteiger partial charge < -0.3 is 14.7 Å². The molecular formula is C31H40N2O4S. The molecule has 2 aliphatic carbocycles. The SMILES string of the molecule is Cc1ccc(O[C@H]2CC[C@H](N(C(=O)C3CCC(C)CC3)c3cc(C#CC(C)(C)C)sc3C(=O)O)CC2)cn1. The number of pyridine rings is 1. The Hall–Kier alpha value is -2.85. The maximum absolute atomic E-state index is 14.1. The summed E-state index contributed by atoms with van der Waals surface area (Å²) < 4.78 is 6.19. The van der Waals surface area contributed by atoms with E-state index in [-0.39, 0.29) is 34.3 Å². The van der Waals surface area contributed by atoms with Gasteiger partial charge >= 0.3 is 5.97 Å².